The highest BCUT2D eigenvalue weighted by atomic mass is 16.5. The molecular weight excluding hydrogens is 290 g/mol. The normalized spacial score (nSPS) is 13.7. The van der Waals surface area contributed by atoms with Gasteiger partial charge in [0, 0.05) is 5.56 Å². The Hall–Kier alpha value is -2.95. The lowest BCUT2D eigenvalue weighted by molar-refractivity contribution is 0.348. The van der Waals surface area contributed by atoms with Crippen LogP contribution in [0.3, 0.4) is 0 Å². The predicted molar refractivity (Wildman–Crippen MR) is 90.1 cm³/mol. The van der Waals surface area contributed by atoms with Gasteiger partial charge in [0.2, 0.25) is 5.90 Å². The summed E-state index contributed by atoms with van der Waals surface area (Å²) < 4.78 is 10.8. The Kier molecular flexibility index (Phi) is 4.79. The molecule has 0 fully saturated rings. The molecule has 0 unspecified atom stereocenters. The van der Waals surface area contributed by atoms with Gasteiger partial charge in [-0.2, -0.15) is 10.2 Å². The molecule has 0 amide bonds. The molecule has 1 aliphatic heterocycles. The second-order valence-electron chi connectivity index (χ2n) is 4.88. The third-order valence-corrected chi connectivity index (χ3v) is 3.19. The number of rotatable bonds is 6. The molecule has 0 aromatic heterocycles. The van der Waals surface area contributed by atoms with E-state index in [1.807, 2.05) is 48.5 Å². The van der Waals surface area contributed by atoms with Gasteiger partial charge in [-0.15, -0.1) is 0 Å². The summed E-state index contributed by atoms with van der Waals surface area (Å²) in [5.74, 6) is 1.48. The van der Waals surface area contributed by atoms with Crippen molar-refractivity contribution in [2.24, 2.45) is 15.2 Å². The Morgan fingerprint density at radius 3 is 2.26 bits per heavy atom. The van der Waals surface area contributed by atoms with Crippen LogP contribution < -0.4 is 4.74 Å². The maximum absolute atomic E-state index is 5.43. The maximum atomic E-state index is 5.43. The number of aliphatic imine (C=N–C) groups is 1. The smallest absolute Gasteiger partial charge is 0.216 e. The van der Waals surface area contributed by atoms with E-state index in [-0.39, 0.29) is 0 Å². The lowest BCUT2D eigenvalue weighted by Crippen LogP contribution is -1.99. The number of azo groups is 1. The zero-order valence-electron chi connectivity index (χ0n) is 12.7. The maximum Gasteiger partial charge on any atom is 0.216 e. The highest BCUT2D eigenvalue weighted by Crippen LogP contribution is 2.22. The Morgan fingerprint density at radius 1 is 1.04 bits per heavy atom. The molecule has 5 heteroatoms. The minimum Gasteiger partial charge on any atom is -0.490 e. The molecule has 0 saturated heterocycles. The van der Waals surface area contributed by atoms with E-state index in [0.29, 0.717) is 19.1 Å². The van der Waals surface area contributed by atoms with E-state index in [4.69, 9.17) is 9.47 Å². The van der Waals surface area contributed by atoms with Gasteiger partial charge >= 0.3 is 0 Å². The molecule has 2 aromatic rings. The highest BCUT2D eigenvalue weighted by Gasteiger charge is 2.09. The highest BCUT2D eigenvalue weighted by molar-refractivity contribution is 5.95. The van der Waals surface area contributed by atoms with Crippen molar-refractivity contribution in [1.29, 1.82) is 0 Å². The van der Waals surface area contributed by atoms with Crippen LogP contribution in [0.25, 0.3) is 0 Å². The van der Waals surface area contributed by atoms with Crippen LogP contribution in [0, 0.1) is 0 Å². The molecule has 0 aliphatic carbocycles. The van der Waals surface area contributed by atoms with Gasteiger partial charge in [-0.3, -0.25) is 0 Å². The van der Waals surface area contributed by atoms with E-state index >= 15 is 0 Å². The zero-order valence-corrected chi connectivity index (χ0v) is 12.7. The van der Waals surface area contributed by atoms with Gasteiger partial charge in [-0.05, 0) is 48.5 Å². The van der Waals surface area contributed by atoms with Crippen molar-refractivity contribution in [2.75, 3.05) is 19.8 Å². The van der Waals surface area contributed by atoms with E-state index in [0.717, 1.165) is 29.2 Å². The van der Waals surface area contributed by atoms with Crippen LogP contribution in [0.1, 0.15) is 5.56 Å². The number of benzene rings is 2. The summed E-state index contributed by atoms with van der Waals surface area (Å²) in [5.41, 5.74) is 2.51. The third kappa shape index (κ3) is 4.03. The van der Waals surface area contributed by atoms with Crippen LogP contribution in [-0.2, 0) is 4.74 Å². The van der Waals surface area contributed by atoms with Gasteiger partial charge in [0.15, 0.2) is 0 Å². The van der Waals surface area contributed by atoms with Crippen LogP contribution in [0.15, 0.2) is 76.4 Å². The summed E-state index contributed by atoms with van der Waals surface area (Å²) in [5, 5.41) is 8.44. The monoisotopic (exact) mass is 307 g/mol. The van der Waals surface area contributed by atoms with Crippen LogP contribution >= 0.6 is 0 Å². The first kappa shape index (κ1) is 15.0. The second-order valence-corrected chi connectivity index (χ2v) is 4.88. The summed E-state index contributed by atoms with van der Waals surface area (Å²) in [6.45, 7) is 5.48. The van der Waals surface area contributed by atoms with Crippen molar-refractivity contribution in [3.05, 3.63) is 66.7 Å². The molecule has 0 N–H and O–H groups in total. The topological polar surface area (TPSA) is 55.5 Å². The number of hydrogen-bond acceptors (Lipinski definition) is 5. The van der Waals surface area contributed by atoms with Gasteiger partial charge in [0.05, 0.1) is 17.9 Å². The molecule has 0 radical (unpaired) electrons. The fourth-order valence-corrected chi connectivity index (χ4v) is 2.06. The van der Waals surface area contributed by atoms with E-state index in [2.05, 4.69) is 21.8 Å². The van der Waals surface area contributed by atoms with Gasteiger partial charge in [-0.25, -0.2) is 4.99 Å². The predicted octanol–water partition coefficient (Wildman–Crippen LogP) is 4.44. The Labute approximate surface area is 135 Å². The Balaban J connectivity index is 1.64. The van der Waals surface area contributed by atoms with E-state index in [9.17, 15) is 0 Å². The molecular formula is C18H17N3O2. The first-order valence-corrected chi connectivity index (χ1v) is 7.38. The molecule has 2 aromatic carbocycles. The molecule has 0 bridgehead atoms. The molecule has 1 aliphatic rings. The van der Waals surface area contributed by atoms with Crippen molar-refractivity contribution < 1.29 is 9.47 Å². The van der Waals surface area contributed by atoms with Crippen LogP contribution in [0.5, 0.6) is 5.75 Å². The minimum atomic E-state index is 0.488. The largest absolute Gasteiger partial charge is 0.490 e. The summed E-state index contributed by atoms with van der Waals surface area (Å²) in [6.07, 6.45) is 1.71. The fraction of sp³-hybridized carbons (Fsp3) is 0.167. The Morgan fingerprint density at radius 2 is 1.70 bits per heavy atom. The third-order valence-electron chi connectivity index (χ3n) is 3.19. The standard InChI is InChI=1S/C18H17N3O2/c1-2-12-22-17-9-7-16(8-10-17)21-20-15-5-3-14(4-6-15)18-19-11-13-23-18/h2-10H,1,11-13H2. The van der Waals surface area contributed by atoms with Crippen molar-refractivity contribution in [3.63, 3.8) is 0 Å². The molecule has 0 atom stereocenters. The first-order valence-electron chi connectivity index (χ1n) is 7.38. The van der Waals surface area contributed by atoms with Gasteiger partial charge in [0.25, 0.3) is 0 Å². The average Bonchev–Trinajstić information content (AvgIpc) is 3.14. The van der Waals surface area contributed by atoms with E-state index in [1.165, 1.54) is 0 Å². The van der Waals surface area contributed by atoms with Gasteiger partial charge in [-0.1, -0.05) is 12.7 Å². The summed E-state index contributed by atoms with van der Waals surface area (Å²) >= 11 is 0. The van der Waals surface area contributed by atoms with Gasteiger partial charge < -0.3 is 9.47 Å². The zero-order chi connectivity index (χ0) is 15.9. The number of ether oxygens (including phenoxy) is 2. The average molecular weight is 307 g/mol. The number of nitrogens with zero attached hydrogens (tertiary/aromatic N) is 3. The van der Waals surface area contributed by atoms with Gasteiger partial charge in [0.1, 0.15) is 19.0 Å². The molecule has 5 nitrogen and oxygen atoms in total. The molecule has 0 spiro atoms. The molecule has 23 heavy (non-hydrogen) atoms. The SMILES string of the molecule is C=CCOc1ccc(N=Nc2ccc(C3=NCCO3)cc2)cc1. The van der Waals surface area contributed by atoms with Crippen LogP contribution in [-0.4, -0.2) is 25.7 Å². The van der Waals surface area contributed by atoms with Crippen molar-refractivity contribution in [1.82, 2.24) is 0 Å². The molecule has 1 heterocycles. The summed E-state index contributed by atoms with van der Waals surface area (Å²) in [7, 11) is 0. The summed E-state index contributed by atoms with van der Waals surface area (Å²) in [6, 6.07) is 15.1. The lowest BCUT2D eigenvalue weighted by atomic mass is 10.2. The summed E-state index contributed by atoms with van der Waals surface area (Å²) in [4.78, 5) is 4.28. The molecule has 116 valence electrons. The van der Waals surface area contributed by atoms with Crippen molar-refractivity contribution in [3.8, 4) is 5.75 Å². The quantitative estimate of drug-likeness (QED) is 0.585. The second kappa shape index (κ2) is 7.35. The van der Waals surface area contributed by atoms with E-state index in [1.54, 1.807) is 6.08 Å². The molecule has 3 rings (SSSR count). The lowest BCUT2D eigenvalue weighted by Gasteiger charge is -2.02. The Bertz CT molecular complexity index is 719. The fourth-order valence-electron chi connectivity index (χ4n) is 2.06. The van der Waals surface area contributed by atoms with Crippen molar-refractivity contribution in [2.45, 2.75) is 0 Å². The number of hydrogen-bond donors (Lipinski definition) is 0. The minimum absolute atomic E-state index is 0.488. The van der Waals surface area contributed by atoms with Crippen LogP contribution in [0.2, 0.25) is 0 Å². The molecule has 0 saturated carbocycles. The van der Waals surface area contributed by atoms with E-state index < -0.39 is 0 Å². The first-order chi connectivity index (χ1) is 11.3. The van der Waals surface area contributed by atoms with Crippen molar-refractivity contribution >= 4 is 17.3 Å². The van der Waals surface area contributed by atoms with Crippen LogP contribution in [0.4, 0.5) is 11.4 Å².